The monoisotopic (exact) mass is 316 g/mol. The van der Waals surface area contributed by atoms with E-state index in [-0.39, 0.29) is 29.6 Å². The highest BCUT2D eigenvalue weighted by molar-refractivity contribution is 7.80. The van der Waals surface area contributed by atoms with Gasteiger partial charge in [0.1, 0.15) is 0 Å². The fourth-order valence-electron chi connectivity index (χ4n) is 1.63. The third kappa shape index (κ3) is 2.79. The minimum Gasteiger partial charge on any atom is -0.503 e. The van der Waals surface area contributed by atoms with Crippen LogP contribution in [0.4, 0.5) is 0 Å². The summed E-state index contributed by atoms with van der Waals surface area (Å²) >= 11 is 3.90. The van der Waals surface area contributed by atoms with Gasteiger partial charge in [0, 0.05) is 18.7 Å². The molecule has 0 radical (unpaired) electrons. The number of hydrogen-bond acceptors (Lipinski definition) is 8. The van der Waals surface area contributed by atoms with Crippen molar-refractivity contribution in [2.45, 2.75) is 17.9 Å². The van der Waals surface area contributed by atoms with Crippen molar-refractivity contribution in [2.24, 2.45) is 0 Å². The van der Waals surface area contributed by atoms with Gasteiger partial charge in [-0.1, -0.05) is 0 Å². The summed E-state index contributed by atoms with van der Waals surface area (Å²) in [5, 5.41) is 46.8. The van der Waals surface area contributed by atoms with Gasteiger partial charge >= 0.3 is 5.97 Å². The molecule has 0 saturated carbocycles. The van der Waals surface area contributed by atoms with Crippen LogP contribution in [0.2, 0.25) is 0 Å². The summed E-state index contributed by atoms with van der Waals surface area (Å²) in [6.07, 6.45) is -0.291. The van der Waals surface area contributed by atoms with Gasteiger partial charge in [0.05, 0.1) is 11.3 Å². The Labute approximate surface area is 123 Å². The average Bonchev–Trinajstić information content (AvgIpc) is 2.79. The van der Waals surface area contributed by atoms with Crippen LogP contribution in [0.15, 0.2) is 17.0 Å². The molecule has 0 amide bonds. The van der Waals surface area contributed by atoms with Gasteiger partial charge in [-0.15, -0.1) is 17.4 Å². The van der Waals surface area contributed by atoms with Crippen LogP contribution in [0.25, 0.3) is 0 Å². The van der Waals surface area contributed by atoms with E-state index in [9.17, 15) is 25.2 Å². The number of carbonyl (C=O) groups is 1. The fraction of sp³-hybridized carbons (Fsp3) is 0.182. The third-order valence-electron chi connectivity index (χ3n) is 2.66. The molecule has 0 aliphatic carbocycles. The average molecular weight is 316 g/mol. The predicted octanol–water partition coefficient (Wildman–Crippen LogP) is 0.152. The van der Waals surface area contributed by atoms with Crippen molar-refractivity contribution in [1.82, 2.24) is 9.30 Å². The molecule has 0 aliphatic rings. The lowest BCUT2D eigenvalue weighted by Crippen LogP contribution is -2.20. The topological polar surface area (TPSA) is 137 Å². The van der Waals surface area contributed by atoms with E-state index in [1.54, 1.807) is 0 Å². The summed E-state index contributed by atoms with van der Waals surface area (Å²) in [4.78, 5) is 16.4. The van der Waals surface area contributed by atoms with Crippen molar-refractivity contribution < 1.29 is 35.2 Å². The Morgan fingerprint density at radius 3 is 2.24 bits per heavy atom. The molecule has 2 rings (SSSR count). The first kappa shape index (κ1) is 14.8. The van der Waals surface area contributed by atoms with Crippen molar-refractivity contribution in [3.8, 4) is 29.3 Å². The molecule has 5 N–H and O–H groups in total. The molecule has 10 heteroatoms. The Hall–Kier alpha value is -2.62. The van der Waals surface area contributed by atoms with Gasteiger partial charge in [0.25, 0.3) is 5.88 Å². The smallest absolute Gasteiger partial charge is 0.335 e. The number of carbonyl (C=O) groups excluding carboxylic acids is 1. The molecule has 9 nitrogen and oxygen atoms in total. The minimum absolute atomic E-state index is 0.119. The Morgan fingerprint density at radius 1 is 1.10 bits per heavy atom. The molecular weight excluding hydrogens is 304 g/mol. The molecule has 0 aliphatic heterocycles. The quantitative estimate of drug-likeness (QED) is 0.442. The molecule has 0 fully saturated rings. The largest absolute Gasteiger partial charge is 0.503 e. The lowest BCUT2D eigenvalue weighted by Gasteiger charge is -2.08. The molecule has 2 aromatic heterocycles. The molecule has 0 atom stereocenters. The summed E-state index contributed by atoms with van der Waals surface area (Å²) in [7, 11) is 0. The van der Waals surface area contributed by atoms with Gasteiger partial charge in [-0.25, -0.2) is 4.79 Å². The Balaban J connectivity index is 2.02. The summed E-state index contributed by atoms with van der Waals surface area (Å²) < 4.78 is 1.37. The molecular formula is C11H12N2O7S. The lowest BCUT2D eigenvalue weighted by atomic mass is 10.4. The molecule has 0 saturated heterocycles. The standard InChI is InChI=1S/C11H12N2O7S/c14-5-3-8(16)13(10(5)18)20-9(17)1-2-12-7(15)4-6(21)11(12)19/h3-4,14-16,18-19,21H,1-2H2. The molecule has 0 bridgehead atoms. The van der Waals surface area contributed by atoms with Crippen molar-refractivity contribution in [3.05, 3.63) is 12.1 Å². The SMILES string of the molecule is O=C(CCn1c(O)cc(S)c1O)On1c(O)cc(O)c1O. The molecule has 0 aromatic carbocycles. The van der Waals surface area contributed by atoms with E-state index >= 15 is 0 Å². The predicted molar refractivity (Wildman–Crippen MR) is 70.6 cm³/mol. The van der Waals surface area contributed by atoms with Crippen molar-refractivity contribution in [1.29, 1.82) is 0 Å². The van der Waals surface area contributed by atoms with Crippen LogP contribution in [0.1, 0.15) is 6.42 Å². The van der Waals surface area contributed by atoms with E-state index < -0.39 is 23.5 Å². The zero-order valence-electron chi connectivity index (χ0n) is 10.5. The number of thiol groups is 1. The van der Waals surface area contributed by atoms with E-state index in [2.05, 4.69) is 17.5 Å². The first-order valence-corrected chi connectivity index (χ1v) is 6.10. The van der Waals surface area contributed by atoms with Gasteiger partial charge in [0.15, 0.2) is 11.6 Å². The second kappa shape index (κ2) is 5.40. The summed E-state index contributed by atoms with van der Waals surface area (Å²) in [6.45, 7) is -0.119. The molecule has 114 valence electrons. The summed E-state index contributed by atoms with van der Waals surface area (Å²) in [6, 6.07) is 1.99. The maximum atomic E-state index is 11.6. The molecule has 2 aromatic rings. The molecule has 21 heavy (non-hydrogen) atoms. The Bertz CT molecular complexity index is 691. The highest BCUT2D eigenvalue weighted by Gasteiger charge is 2.18. The Morgan fingerprint density at radius 2 is 1.76 bits per heavy atom. The van der Waals surface area contributed by atoms with Crippen LogP contribution in [-0.4, -0.2) is 40.8 Å². The normalized spacial score (nSPS) is 10.7. The second-order valence-electron chi connectivity index (χ2n) is 4.08. The van der Waals surface area contributed by atoms with E-state index in [1.807, 2.05) is 0 Å². The third-order valence-corrected chi connectivity index (χ3v) is 2.98. The maximum absolute atomic E-state index is 11.6. The zero-order valence-corrected chi connectivity index (χ0v) is 11.4. The van der Waals surface area contributed by atoms with Crippen LogP contribution >= 0.6 is 12.6 Å². The number of nitrogens with zero attached hydrogens (tertiary/aromatic N) is 2. The van der Waals surface area contributed by atoms with Crippen LogP contribution < -0.4 is 4.84 Å². The van der Waals surface area contributed by atoms with Gasteiger partial charge < -0.3 is 30.4 Å². The van der Waals surface area contributed by atoms with Gasteiger partial charge in [-0.3, -0.25) is 4.57 Å². The maximum Gasteiger partial charge on any atom is 0.335 e. The lowest BCUT2D eigenvalue weighted by molar-refractivity contribution is -0.145. The van der Waals surface area contributed by atoms with Gasteiger partial charge in [-0.2, -0.15) is 0 Å². The minimum atomic E-state index is -0.885. The number of hydrogen-bond donors (Lipinski definition) is 6. The van der Waals surface area contributed by atoms with Crippen LogP contribution in [0.3, 0.4) is 0 Å². The first-order valence-electron chi connectivity index (χ1n) is 5.65. The van der Waals surface area contributed by atoms with Gasteiger partial charge in [0.2, 0.25) is 11.8 Å². The van der Waals surface area contributed by atoms with E-state index in [1.165, 1.54) is 6.07 Å². The second-order valence-corrected chi connectivity index (χ2v) is 4.56. The van der Waals surface area contributed by atoms with Crippen molar-refractivity contribution in [2.75, 3.05) is 0 Å². The Kier molecular flexibility index (Phi) is 3.80. The fourth-order valence-corrected chi connectivity index (χ4v) is 1.87. The molecule has 0 unspecified atom stereocenters. The first-order chi connectivity index (χ1) is 9.81. The summed E-state index contributed by atoms with van der Waals surface area (Å²) in [5.74, 6) is -3.62. The van der Waals surface area contributed by atoms with E-state index in [0.29, 0.717) is 4.73 Å². The van der Waals surface area contributed by atoms with Crippen LogP contribution in [0, 0.1) is 0 Å². The highest BCUT2D eigenvalue weighted by Crippen LogP contribution is 2.32. The van der Waals surface area contributed by atoms with Crippen LogP contribution in [0.5, 0.6) is 29.3 Å². The van der Waals surface area contributed by atoms with Gasteiger partial charge in [-0.05, 0) is 0 Å². The molecule has 0 spiro atoms. The van der Waals surface area contributed by atoms with Crippen molar-refractivity contribution in [3.63, 3.8) is 0 Å². The number of aromatic nitrogens is 2. The summed E-state index contributed by atoms with van der Waals surface area (Å²) in [5.41, 5.74) is 0. The number of aromatic hydroxyl groups is 5. The highest BCUT2D eigenvalue weighted by atomic mass is 32.1. The molecule has 2 heterocycles. The zero-order chi connectivity index (χ0) is 15.7. The van der Waals surface area contributed by atoms with Crippen molar-refractivity contribution >= 4 is 18.6 Å². The van der Waals surface area contributed by atoms with Crippen LogP contribution in [-0.2, 0) is 11.3 Å². The number of rotatable bonds is 4. The van der Waals surface area contributed by atoms with E-state index in [4.69, 9.17) is 5.11 Å². The van der Waals surface area contributed by atoms with E-state index in [0.717, 1.165) is 10.6 Å².